The Hall–Kier alpha value is -4.22. The number of hydrogen-bond donors (Lipinski definition) is 0. The summed E-state index contributed by atoms with van der Waals surface area (Å²) in [6, 6.07) is 16.1. The molecule has 0 N–H and O–H groups in total. The number of benzene rings is 2. The highest BCUT2D eigenvalue weighted by atomic mass is 16.5. The lowest BCUT2D eigenvalue weighted by molar-refractivity contribution is 0.375. The second kappa shape index (κ2) is 9.57. The molecule has 2 aromatic carbocycles. The van der Waals surface area contributed by atoms with E-state index in [1.807, 2.05) is 46.7 Å². The summed E-state index contributed by atoms with van der Waals surface area (Å²) in [5, 5.41) is 14.5. The number of hydrogen-bond acceptors (Lipinski definition) is 6. The Kier molecular flexibility index (Phi) is 6.17. The van der Waals surface area contributed by atoms with Gasteiger partial charge in [0.2, 0.25) is 0 Å². The van der Waals surface area contributed by atoms with Gasteiger partial charge in [0, 0.05) is 30.4 Å². The molecule has 0 saturated carbocycles. The van der Waals surface area contributed by atoms with Crippen molar-refractivity contribution in [1.29, 1.82) is 5.26 Å². The van der Waals surface area contributed by atoms with Gasteiger partial charge in [0.25, 0.3) is 0 Å². The molecular formula is C27H27N7O. The lowest BCUT2D eigenvalue weighted by Gasteiger charge is -2.14. The van der Waals surface area contributed by atoms with Crippen molar-refractivity contribution >= 4 is 16.6 Å². The Morgan fingerprint density at radius 2 is 1.74 bits per heavy atom. The number of nitriles is 1. The molecule has 0 bridgehead atoms. The Morgan fingerprint density at radius 3 is 2.40 bits per heavy atom. The predicted molar refractivity (Wildman–Crippen MR) is 136 cm³/mol. The first kappa shape index (κ1) is 22.6. The van der Waals surface area contributed by atoms with Crippen molar-refractivity contribution in [3.63, 3.8) is 0 Å². The summed E-state index contributed by atoms with van der Waals surface area (Å²) in [5.74, 6) is 0. The van der Waals surface area contributed by atoms with Gasteiger partial charge in [-0.25, -0.2) is 4.98 Å². The molecule has 176 valence electrons. The first-order valence-corrected chi connectivity index (χ1v) is 11.6. The number of aryl methyl sites for hydroxylation is 1. The smallest absolute Gasteiger partial charge is 0.302 e. The standard InChI is InChI=1S/C22H16N6O.C5H11N/c1-27-18-8-7-16(11-17(18)13-25-27)19-20(15-5-3-14(12-23)4-6-15)26-22(29-2)28-10-9-24-21(19)28;1-6-4-2-3-5-6/h3-11,13H,1-2H3;2-5H2,1H3. The topological polar surface area (TPSA) is 84.3 Å². The highest BCUT2D eigenvalue weighted by molar-refractivity contribution is 5.94. The maximum atomic E-state index is 9.12. The van der Waals surface area contributed by atoms with Crippen molar-refractivity contribution in [2.45, 2.75) is 12.8 Å². The van der Waals surface area contributed by atoms with Crippen molar-refractivity contribution < 1.29 is 4.74 Å². The monoisotopic (exact) mass is 465 g/mol. The molecule has 1 aliphatic heterocycles. The van der Waals surface area contributed by atoms with Crippen molar-refractivity contribution in [2.75, 3.05) is 27.2 Å². The van der Waals surface area contributed by atoms with E-state index in [4.69, 9.17) is 15.0 Å². The Morgan fingerprint density at radius 1 is 1.00 bits per heavy atom. The Bertz CT molecular complexity index is 1520. The summed E-state index contributed by atoms with van der Waals surface area (Å²) in [6.45, 7) is 2.64. The van der Waals surface area contributed by atoms with Gasteiger partial charge in [-0.3, -0.25) is 9.08 Å². The van der Waals surface area contributed by atoms with E-state index < -0.39 is 0 Å². The molecular weight excluding hydrogens is 438 g/mol. The van der Waals surface area contributed by atoms with Crippen LogP contribution in [0, 0.1) is 11.3 Å². The number of fused-ring (bicyclic) bond motifs is 2. The molecule has 1 fully saturated rings. The van der Waals surface area contributed by atoms with Gasteiger partial charge in [-0.05, 0) is 62.8 Å². The molecule has 0 atom stereocenters. The minimum absolute atomic E-state index is 0.447. The van der Waals surface area contributed by atoms with Crippen molar-refractivity contribution in [1.82, 2.24) is 29.0 Å². The van der Waals surface area contributed by atoms with Crippen LogP contribution in [-0.2, 0) is 7.05 Å². The lowest BCUT2D eigenvalue weighted by Crippen LogP contribution is -2.10. The summed E-state index contributed by atoms with van der Waals surface area (Å²) >= 11 is 0. The molecule has 0 amide bonds. The fourth-order valence-corrected chi connectivity index (χ4v) is 4.47. The van der Waals surface area contributed by atoms with E-state index in [0.29, 0.717) is 11.6 Å². The molecule has 0 unspecified atom stereocenters. The van der Waals surface area contributed by atoms with E-state index in [-0.39, 0.29) is 0 Å². The average molecular weight is 466 g/mol. The van der Waals surface area contributed by atoms with Gasteiger partial charge in [0.05, 0.1) is 41.7 Å². The largest absolute Gasteiger partial charge is 0.468 e. The Labute approximate surface area is 204 Å². The number of likely N-dealkylation sites (tertiary alicyclic amines) is 1. The molecule has 0 aliphatic carbocycles. The van der Waals surface area contributed by atoms with Gasteiger partial charge >= 0.3 is 6.01 Å². The third-order valence-electron chi connectivity index (χ3n) is 6.35. The molecule has 0 spiro atoms. The zero-order valence-corrected chi connectivity index (χ0v) is 20.1. The maximum absolute atomic E-state index is 9.12. The molecule has 5 aromatic rings. The van der Waals surface area contributed by atoms with Crippen LogP contribution in [0.15, 0.2) is 61.1 Å². The zero-order valence-electron chi connectivity index (χ0n) is 20.1. The Balaban J connectivity index is 0.000000371. The normalized spacial score (nSPS) is 13.5. The van der Waals surface area contributed by atoms with E-state index in [9.17, 15) is 0 Å². The van der Waals surface area contributed by atoms with Gasteiger partial charge in [0.1, 0.15) is 0 Å². The molecule has 8 nitrogen and oxygen atoms in total. The van der Waals surface area contributed by atoms with Crippen molar-refractivity contribution in [3.05, 3.63) is 66.6 Å². The van der Waals surface area contributed by atoms with E-state index in [2.05, 4.69) is 40.2 Å². The van der Waals surface area contributed by atoms with Gasteiger partial charge < -0.3 is 9.64 Å². The molecule has 8 heteroatoms. The number of imidazole rings is 1. The SMILES string of the molecule is CN1CCCC1.COc1nc(-c2ccc(C#N)cc2)c(-c2ccc3c(cnn3C)c2)c2nccn12. The van der Waals surface area contributed by atoms with Crippen LogP contribution >= 0.6 is 0 Å². The van der Waals surface area contributed by atoms with Crippen LogP contribution in [0.3, 0.4) is 0 Å². The van der Waals surface area contributed by atoms with E-state index in [1.165, 1.54) is 25.9 Å². The maximum Gasteiger partial charge on any atom is 0.302 e. The zero-order chi connectivity index (χ0) is 24.4. The highest BCUT2D eigenvalue weighted by Gasteiger charge is 2.19. The van der Waals surface area contributed by atoms with E-state index in [1.54, 1.807) is 25.4 Å². The fraction of sp³-hybridized carbons (Fsp3) is 0.259. The van der Waals surface area contributed by atoms with Crippen LogP contribution in [0.1, 0.15) is 18.4 Å². The molecule has 6 rings (SSSR count). The minimum atomic E-state index is 0.447. The minimum Gasteiger partial charge on any atom is -0.468 e. The number of ether oxygens (including phenoxy) is 1. The number of aromatic nitrogens is 5. The molecule has 3 aromatic heterocycles. The summed E-state index contributed by atoms with van der Waals surface area (Å²) in [5.41, 5.74) is 5.90. The van der Waals surface area contributed by atoms with Crippen LogP contribution < -0.4 is 4.74 Å². The number of nitrogens with zero attached hydrogens (tertiary/aromatic N) is 7. The van der Waals surface area contributed by atoms with E-state index in [0.717, 1.165) is 38.9 Å². The summed E-state index contributed by atoms with van der Waals surface area (Å²) in [4.78, 5) is 11.7. The first-order chi connectivity index (χ1) is 17.1. The van der Waals surface area contributed by atoms with Crippen molar-refractivity contribution in [2.24, 2.45) is 7.05 Å². The molecule has 1 saturated heterocycles. The average Bonchev–Trinajstić information content (AvgIpc) is 3.65. The molecule has 4 heterocycles. The van der Waals surface area contributed by atoms with Crippen LogP contribution in [0.5, 0.6) is 6.01 Å². The van der Waals surface area contributed by atoms with E-state index >= 15 is 0 Å². The third kappa shape index (κ3) is 4.34. The summed E-state index contributed by atoms with van der Waals surface area (Å²) in [7, 11) is 5.69. The quantitative estimate of drug-likeness (QED) is 0.389. The molecule has 0 radical (unpaired) electrons. The second-order valence-electron chi connectivity index (χ2n) is 8.68. The van der Waals surface area contributed by atoms with Gasteiger partial charge in [-0.2, -0.15) is 15.3 Å². The highest BCUT2D eigenvalue weighted by Crippen LogP contribution is 2.37. The fourth-order valence-electron chi connectivity index (χ4n) is 4.47. The summed E-state index contributed by atoms with van der Waals surface area (Å²) in [6.07, 6.45) is 8.23. The van der Waals surface area contributed by atoms with Gasteiger partial charge in [0.15, 0.2) is 5.65 Å². The van der Waals surface area contributed by atoms with Gasteiger partial charge in [-0.1, -0.05) is 18.2 Å². The second-order valence-corrected chi connectivity index (χ2v) is 8.68. The molecule has 35 heavy (non-hydrogen) atoms. The molecule has 1 aliphatic rings. The van der Waals surface area contributed by atoms with Gasteiger partial charge in [-0.15, -0.1) is 0 Å². The van der Waals surface area contributed by atoms with Crippen LogP contribution in [-0.4, -0.2) is 56.3 Å². The van der Waals surface area contributed by atoms with Crippen LogP contribution in [0.25, 0.3) is 38.9 Å². The number of methoxy groups -OCH3 is 1. The predicted octanol–water partition coefficient (Wildman–Crippen LogP) is 4.54. The first-order valence-electron chi connectivity index (χ1n) is 11.6. The van der Waals surface area contributed by atoms with Crippen LogP contribution in [0.4, 0.5) is 0 Å². The van der Waals surface area contributed by atoms with Crippen LogP contribution in [0.2, 0.25) is 0 Å². The lowest BCUT2D eigenvalue weighted by atomic mass is 9.98. The number of rotatable bonds is 3. The third-order valence-corrected chi connectivity index (χ3v) is 6.35. The summed E-state index contributed by atoms with van der Waals surface area (Å²) < 4.78 is 9.18. The van der Waals surface area contributed by atoms with Crippen molar-refractivity contribution in [3.8, 4) is 34.5 Å².